The fraction of sp³-hybridized carbons (Fsp3) is 0.769. The third-order valence-corrected chi connectivity index (χ3v) is 2.48. The van der Waals surface area contributed by atoms with Gasteiger partial charge in [-0.3, -0.25) is 0 Å². The van der Waals surface area contributed by atoms with Gasteiger partial charge >= 0.3 is 5.97 Å². The Morgan fingerprint density at radius 3 is 2.19 bits per heavy atom. The van der Waals surface area contributed by atoms with E-state index in [4.69, 9.17) is 9.84 Å². The van der Waals surface area contributed by atoms with Crippen LogP contribution in [-0.4, -0.2) is 24.8 Å². The topological polar surface area (TPSA) is 46.5 Å². The first-order valence-electron chi connectivity index (χ1n) is 6.15. The Morgan fingerprint density at radius 2 is 1.62 bits per heavy atom. The van der Waals surface area contributed by atoms with Gasteiger partial charge in [0.05, 0.1) is 0 Å². The van der Waals surface area contributed by atoms with Crippen molar-refractivity contribution in [2.75, 3.05) is 13.7 Å². The van der Waals surface area contributed by atoms with Crippen molar-refractivity contribution in [1.29, 1.82) is 0 Å². The molecule has 3 nitrogen and oxygen atoms in total. The van der Waals surface area contributed by atoms with Crippen LogP contribution < -0.4 is 0 Å². The van der Waals surface area contributed by atoms with Crippen molar-refractivity contribution in [2.24, 2.45) is 0 Å². The van der Waals surface area contributed by atoms with Gasteiger partial charge < -0.3 is 9.84 Å². The Morgan fingerprint density at radius 1 is 1.06 bits per heavy atom. The second-order valence-electron chi connectivity index (χ2n) is 4.00. The summed E-state index contributed by atoms with van der Waals surface area (Å²) in [5.74, 6) is -0.849. The number of allylic oxidation sites excluding steroid dienone is 1. The van der Waals surface area contributed by atoms with Gasteiger partial charge in [0.1, 0.15) is 0 Å². The standard InChI is InChI=1S/C13H24O3/c1-16-12-10-8-6-4-2-3-5-7-9-11-13(14)15/h9,11H,2-8,10,12H2,1H3,(H,14,15)/b11-9+. The highest BCUT2D eigenvalue weighted by molar-refractivity contribution is 5.79. The Hall–Kier alpha value is -0.830. The van der Waals surface area contributed by atoms with Crippen molar-refractivity contribution in [3.8, 4) is 0 Å². The summed E-state index contributed by atoms with van der Waals surface area (Å²) >= 11 is 0. The van der Waals surface area contributed by atoms with Crippen molar-refractivity contribution in [1.82, 2.24) is 0 Å². The van der Waals surface area contributed by atoms with E-state index in [1.54, 1.807) is 13.2 Å². The number of carboxylic acids is 1. The third-order valence-electron chi connectivity index (χ3n) is 2.48. The number of hydrogen-bond donors (Lipinski definition) is 1. The second kappa shape index (κ2) is 12.2. The molecular formula is C13H24O3. The van der Waals surface area contributed by atoms with Crippen LogP contribution in [-0.2, 0) is 9.53 Å². The zero-order valence-electron chi connectivity index (χ0n) is 10.3. The number of unbranched alkanes of at least 4 members (excludes halogenated alkanes) is 7. The molecule has 0 aromatic carbocycles. The number of rotatable bonds is 11. The summed E-state index contributed by atoms with van der Waals surface area (Å²) in [4.78, 5) is 10.2. The fourth-order valence-electron chi connectivity index (χ4n) is 1.58. The molecule has 0 aliphatic carbocycles. The molecule has 0 fully saturated rings. The van der Waals surface area contributed by atoms with Crippen LogP contribution in [0.1, 0.15) is 51.4 Å². The lowest BCUT2D eigenvalue weighted by atomic mass is 10.1. The average molecular weight is 228 g/mol. The van der Waals surface area contributed by atoms with Crippen molar-refractivity contribution in [2.45, 2.75) is 51.4 Å². The summed E-state index contributed by atoms with van der Waals surface area (Å²) in [5.41, 5.74) is 0. The molecule has 0 amide bonds. The highest BCUT2D eigenvalue weighted by atomic mass is 16.5. The van der Waals surface area contributed by atoms with E-state index in [1.165, 1.54) is 38.2 Å². The molecule has 94 valence electrons. The third kappa shape index (κ3) is 13.2. The van der Waals surface area contributed by atoms with E-state index in [-0.39, 0.29) is 0 Å². The van der Waals surface area contributed by atoms with Gasteiger partial charge in [0.15, 0.2) is 0 Å². The van der Waals surface area contributed by atoms with Gasteiger partial charge in [0.2, 0.25) is 0 Å². The van der Waals surface area contributed by atoms with Crippen LogP contribution in [0.3, 0.4) is 0 Å². The number of carbonyl (C=O) groups is 1. The number of ether oxygens (including phenoxy) is 1. The number of carboxylic acid groups (broad SMARTS) is 1. The molecule has 0 unspecified atom stereocenters. The van der Waals surface area contributed by atoms with E-state index in [0.717, 1.165) is 25.9 Å². The molecule has 0 atom stereocenters. The molecule has 0 spiro atoms. The van der Waals surface area contributed by atoms with E-state index in [0.29, 0.717) is 0 Å². The quantitative estimate of drug-likeness (QED) is 0.435. The number of aliphatic carboxylic acids is 1. The van der Waals surface area contributed by atoms with Crippen molar-refractivity contribution in [3.63, 3.8) is 0 Å². The predicted molar refractivity (Wildman–Crippen MR) is 65.6 cm³/mol. The fourth-order valence-corrected chi connectivity index (χ4v) is 1.58. The van der Waals surface area contributed by atoms with Crippen LogP contribution in [0.15, 0.2) is 12.2 Å². The minimum absolute atomic E-state index is 0.849. The summed E-state index contributed by atoms with van der Waals surface area (Å²) in [6, 6.07) is 0. The van der Waals surface area contributed by atoms with Crippen molar-refractivity contribution < 1.29 is 14.6 Å². The highest BCUT2D eigenvalue weighted by Gasteiger charge is 1.91. The van der Waals surface area contributed by atoms with Crippen molar-refractivity contribution in [3.05, 3.63) is 12.2 Å². The Labute approximate surface area is 98.5 Å². The first-order chi connectivity index (χ1) is 7.77. The van der Waals surface area contributed by atoms with Gasteiger partial charge in [-0.15, -0.1) is 0 Å². The van der Waals surface area contributed by atoms with Crippen molar-refractivity contribution >= 4 is 5.97 Å². The van der Waals surface area contributed by atoms with Crippen LogP contribution in [0, 0.1) is 0 Å². The minimum atomic E-state index is -0.849. The predicted octanol–water partition coefficient (Wildman–Crippen LogP) is 3.39. The summed E-state index contributed by atoms with van der Waals surface area (Å²) in [5, 5.41) is 8.36. The van der Waals surface area contributed by atoms with Crippen LogP contribution in [0.2, 0.25) is 0 Å². The molecule has 1 N–H and O–H groups in total. The smallest absolute Gasteiger partial charge is 0.327 e. The van der Waals surface area contributed by atoms with E-state index >= 15 is 0 Å². The van der Waals surface area contributed by atoms with Crippen LogP contribution in [0.25, 0.3) is 0 Å². The molecule has 0 aromatic rings. The van der Waals surface area contributed by atoms with E-state index < -0.39 is 5.97 Å². The van der Waals surface area contributed by atoms with E-state index in [9.17, 15) is 4.79 Å². The zero-order chi connectivity index (χ0) is 12.1. The first kappa shape index (κ1) is 15.2. The molecule has 0 aromatic heterocycles. The first-order valence-corrected chi connectivity index (χ1v) is 6.15. The van der Waals surface area contributed by atoms with Gasteiger partial charge in [0, 0.05) is 19.8 Å². The normalized spacial score (nSPS) is 11.1. The maximum atomic E-state index is 10.2. The molecular weight excluding hydrogens is 204 g/mol. The zero-order valence-corrected chi connectivity index (χ0v) is 10.3. The lowest BCUT2D eigenvalue weighted by Crippen LogP contribution is -1.88. The Bertz CT molecular complexity index is 188. The highest BCUT2D eigenvalue weighted by Crippen LogP contribution is 2.08. The summed E-state index contributed by atoms with van der Waals surface area (Å²) < 4.78 is 4.98. The molecule has 0 radical (unpaired) electrons. The van der Waals surface area contributed by atoms with Crippen LogP contribution in [0.4, 0.5) is 0 Å². The summed E-state index contributed by atoms with van der Waals surface area (Å²) in [7, 11) is 1.74. The monoisotopic (exact) mass is 228 g/mol. The Kier molecular flexibility index (Phi) is 11.6. The largest absolute Gasteiger partial charge is 0.478 e. The van der Waals surface area contributed by atoms with E-state index in [2.05, 4.69) is 0 Å². The molecule has 16 heavy (non-hydrogen) atoms. The summed E-state index contributed by atoms with van der Waals surface area (Å²) in [6.45, 7) is 0.875. The van der Waals surface area contributed by atoms with Gasteiger partial charge in [-0.1, -0.05) is 38.2 Å². The number of methoxy groups -OCH3 is 1. The van der Waals surface area contributed by atoms with Gasteiger partial charge in [0.25, 0.3) is 0 Å². The maximum absolute atomic E-state index is 10.2. The van der Waals surface area contributed by atoms with Crippen LogP contribution >= 0.6 is 0 Å². The Balaban J connectivity index is 3.01. The molecule has 0 aliphatic rings. The summed E-state index contributed by atoms with van der Waals surface area (Å²) in [6.07, 6.45) is 12.4. The molecule has 0 heterocycles. The second-order valence-corrected chi connectivity index (χ2v) is 4.00. The molecule has 0 rings (SSSR count). The lowest BCUT2D eigenvalue weighted by molar-refractivity contribution is -0.131. The average Bonchev–Trinajstić information content (AvgIpc) is 2.25. The molecule has 0 saturated carbocycles. The van der Waals surface area contributed by atoms with Gasteiger partial charge in [-0.25, -0.2) is 4.79 Å². The van der Waals surface area contributed by atoms with E-state index in [1.807, 2.05) is 0 Å². The molecule has 3 heteroatoms. The minimum Gasteiger partial charge on any atom is -0.478 e. The molecule has 0 saturated heterocycles. The number of hydrogen-bond acceptors (Lipinski definition) is 2. The van der Waals surface area contributed by atoms with Crippen LogP contribution in [0.5, 0.6) is 0 Å². The lowest BCUT2D eigenvalue weighted by Gasteiger charge is -2.00. The van der Waals surface area contributed by atoms with Gasteiger partial charge in [-0.2, -0.15) is 0 Å². The van der Waals surface area contributed by atoms with Gasteiger partial charge in [-0.05, 0) is 19.3 Å². The molecule has 0 bridgehead atoms. The maximum Gasteiger partial charge on any atom is 0.327 e. The molecule has 0 aliphatic heterocycles. The SMILES string of the molecule is COCCCCCCCCC/C=C/C(=O)O.